The van der Waals surface area contributed by atoms with Crippen molar-refractivity contribution in [1.82, 2.24) is 9.55 Å². The number of fused-ring (bicyclic) bond motifs is 1. The van der Waals surface area contributed by atoms with Gasteiger partial charge in [0.05, 0.1) is 18.6 Å². The van der Waals surface area contributed by atoms with Crippen molar-refractivity contribution in [2.24, 2.45) is 0 Å². The summed E-state index contributed by atoms with van der Waals surface area (Å²) in [7, 11) is -1.43. The molecule has 2 aromatic rings. The lowest BCUT2D eigenvalue weighted by Crippen LogP contribution is -2.29. The highest BCUT2D eigenvalue weighted by atomic mass is 16.5. The summed E-state index contributed by atoms with van der Waals surface area (Å²) in [6.07, 6.45) is 6.59. The number of imidazole rings is 1. The Kier molecular flexibility index (Phi) is 4.27. The van der Waals surface area contributed by atoms with Crippen molar-refractivity contribution in [2.75, 3.05) is 6.61 Å². The van der Waals surface area contributed by atoms with Crippen LogP contribution in [0, 0.1) is 0 Å². The first-order chi connectivity index (χ1) is 10.2. The van der Waals surface area contributed by atoms with Gasteiger partial charge in [-0.05, 0) is 43.3 Å². The zero-order valence-corrected chi connectivity index (χ0v) is 11.9. The van der Waals surface area contributed by atoms with Crippen LogP contribution < -0.4 is 10.2 Å². The third kappa shape index (κ3) is 3.28. The summed E-state index contributed by atoms with van der Waals surface area (Å²) in [5.74, 6) is 0.730. The molecular formula is C15H19BN2O3. The fourth-order valence-electron chi connectivity index (χ4n) is 2.72. The van der Waals surface area contributed by atoms with Gasteiger partial charge in [-0.25, -0.2) is 4.98 Å². The first-order valence-electron chi connectivity index (χ1n) is 7.36. The molecule has 1 aliphatic rings. The highest BCUT2D eigenvalue weighted by Crippen LogP contribution is 2.19. The van der Waals surface area contributed by atoms with Crippen LogP contribution in [-0.4, -0.2) is 33.3 Å². The smallest absolute Gasteiger partial charge is 0.488 e. The summed E-state index contributed by atoms with van der Waals surface area (Å²) in [5.41, 5.74) is 3.05. The Balaban J connectivity index is 1.55. The highest BCUT2D eigenvalue weighted by molar-refractivity contribution is 6.58. The Morgan fingerprint density at radius 2 is 1.90 bits per heavy atom. The van der Waals surface area contributed by atoms with Crippen molar-refractivity contribution in [2.45, 2.75) is 32.2 Å². The van der Waals surface area contributed by atoms with Crippen molar-refractivity contribution >= 4 is 12.6 Å². The molecule has 0 unspecified atom stereocenters. The van der Waals surface area contributed by atoms with Gasteiger partial charge in [0.25, 0.3) is 0 Å². The minimum absolute atomic E-state index is 0.464. The van der Waals surface area contributed by atoms with E-state index in [0.717, 1.165) is 25.1 Å². The molecule has 110 valence electrons. The van der Waals surface area contributed by atoms with Gasteiger partial charge in [0.2, 0.25) is 0 Å². The fraction of sp³-hybridized carbons (Fsp3) is 0.400. The number of rotatable bonds is 5. The summed E-state index contributed by atoms with van der Waals surface area (Å²) in [6.45, 7) is 1.36. The standard InChI is InChI=1S/C15H19BN2O3/c19-16(20)12-5-7-13(8-6-12)21-10-9-18-11-17-14-3-1-2-4-15(14)18/h5-8,11,19-20H,1-4,9-10H2. The molecule has 1 heterocycles. The lowest BCUT2D eigenvalue weighted by atomic mass is 9.80. The molecule has 1 aliphatic carbocycles. The van der Waals surface area contributed by atoms with E-state index in [1.807, 2.05) is 6.33 Å². The summed E-state index contributed by atoms with van der Waals surface area (Å²) in [6, 6.07) is 6.80. The second-order valence-corrected chi connectivity index (χ2v) is 5.33. The predicted molar refractivity (Wildman–Crippen MR) is 80.6 cm³/mol. The average Bonchev–Trinajstić information content (AvgIpc) is 2.91. The zero-order chi connectivity index (χ0) is 14.7. The van der Waals surface area contributed by atoms with Gasteiger partial charge in [-0.1, -0.05) is 12.1 Å². The molecule has 0 saturated heterocycles. The topological polar surface area (TPSA) is 67.5 Å². The molecule has 2 N–H and O–H groups in total. The third-order valence-electron chi connectivity index (χ3n) is 3.89. The molecule has 0 aliphatic heterocycles. The van der Waals surface area contributed by atoms with Gasteiger partial charge in [-0.2, -0.15) is 0 Å². The molecule has 0 amide bonds. The minimum atomic E-state index is -1.43. The largest absolute Gasteiger partial charge is 0.492 e. The molecule has 0 fully saturated rings. The van der Waals surface area contributed by atoms with Crippen molar-refractivity contribution in [3.8, 4) is 5.75 Å². The van der Waals surface area contributed by atoms with Crippen molar-refractivity contribution in [3.05, 3.63) is 42.0 Å². The van der Waals surface area contributed by atoms with Gasteiger partial charge in [-0.3, -0.25) is 0 Å². The van der Waals surface area contributed by atoms with Crippen LogP contribution in [0.1, 0.15) is 24.2 Å². The van der Waals surface area contributed by atoms with Crippen LogP contribution in [0.5, 0.6) is 5.75 Å². The van der Waals surface area contributed by atoms with E-state index in [0.29, 0.717) is 12.1 Å². The maximum absolute atomic E-state index is 9.03. The molecule has 1 aromatic heterocycles. The van der Waals surface area contributed by atoms with Gasteiger partial charge in [-0.15, -0.1) is 0 Å². The lowest BCUT2D eigenvalue weighted by Gasteiger charge is -2.14. The van der Waals surface area contributed by atoms with E-state index in [1.54, 1.807) is 24.3 Å². The molecule has 0 bridgehead atoms. The SMILES string of the molecule is OB(O)c1ccc(OCCn2cnc3c2CCCC3)cc1. The second-order valence-electron chi connectivity index (χ2n) is 5.33. The van der Waals surface area contributed by atoms with E-state index in [2.05, 4.69) is 9.55 Å². The molecule has 0 atom stereocenters. The zero-order valence-electron chi connectivity index (χ0n) is 11.9. The van der Waals surface area contributed by atoms with Crippen LogP contribution in [0.4, 0.5) is 0 Å². The van der Waals surface area contributed by atoms with Crippen LogP contribution in [0.25, 0.3) is 0 Å². The van der Waals surface area contributed by atoms with Crippen LogP contribution in [-0.2, 0) is 19.4 Å². The average molecular weight is 286 g/mol. The molecule has 21 heavy (non-hydrogen) atoms. The summed E-state index contributed by atoms with van der Waals surface area (Å²) >= 11 is 0. The van der Waals surface area contributed by atoms with Gasteiger partial charge in [0.1, 0.15) is 12.4 Å². The Morgan fingerprint density at radius 3 is 2.67 bits per heavy atom. The van der Waals surface area contributed by atoms with E-state index in [9.17, 15) is 0 Å². The number of hydrogen-bond donors (Lipinski definition) is 2. The number of aryl methyl sites for hydroxylation is 1. The van der Waals surface area contributed by atoms with Crippen LogP contribution >= 0.6 is 0 Å². The van der Waals surface area contributed by atoms with Crippen molar-refractivity contribution in [1.29, 1.82) is 0 Å². The summed E-state index contributed by atoms with van der Waals surface area (Å²) in [5, 5.41) is 18.1. The second kappa shape index (κ2) is 6.32. The first kappa shape index (κ1) is 14.2. The van der Waals surface area contributed by atoms with Crippen LogP contribution in [0.3, 0.4) is 0 Å². The molecule has 1 aromatic carbocycles. The van der Waals surface area contributed by atoms with E-state index in [-0.39, 0.29) is 0 Å². The van der Waals surface area contributed by atoms with E-state index in [4.69, 9.17) is 14.8 Å². The van der Waals surface area contributed by atoms with E-state index < -0.39 is 7.12 Å². The Morgan fingerprint density at radius 1 is 1.14 bits per heavy atom. The number of hydrogen-bond acceptors (Lipinski definition) is 4. The number of aromatic nitrogens is 2. The Bertz CT molecular complexity index is 595. The Hall–Kier alpha value is -1.79. The normalized spacial score (nSPS) is 13.8. The van der Waals surface area contributed by atoms with E-state index in [1.165, 1.54) is 24.2 Å². The van der Waals surface area contributed by atoms with Gasteiger partial charge < -0.3 is 19.4 Å². The fourth-order valence-corrected chi connectivity index (χ4v) is 2.72. The predicted octanol–water partition coefficient (Wildman–Crippen LogP) is 0.521. The maximum Gasteiger partial charge on any atom is 0.488 e. The highest BCUT2D eigenvalue weighted by Gasteiger charge is 2.15. The molecule has 5 nitrogen and oxygen atoms in total. The summed E-state index contributed by atoms with van der Waals surface area (Å²) < 4.78 is 7.87. The van der Waals surface area contributed by atoms with Gasteiger partial charge in [0, 0.05) is 5.69 Å². The summed E-state index contributed by atoms with van der Waals surface area (Å²) in [4.78, 5) is 4.47. The van der Waals surface area contributed by atoms with Gasteiger partial charge >= 0.3 is 7.12 Å². The van der Waals surface area contributed by atoms with Gasteiger partial charge in [0.15, 0.2) is 0 Å². The number of ether oxygens (including phenoxy) is 1. The number of nitrogens with zero attached hydrogens (tertiary/aromatic N) is 2. The monoisotopic (exact) mass is 286 g/mol. The molecule has 3 rings (SSSR count). The van der Waals surface area contributed by atoms with Crippen LogP contribution in [0.2, 0.25) is 0 Å². The van der Waals surface area contributed by atoms with E-state index >= 15 is 0 Å². The van der Waals surface area contributed by atoms with Crippen molar-refractivity contribution in [3.63, 3.8) is 0 Å². The third-order valence-corrected chi connectivity index (χ3v) is 3.89. The maximum atomic E-state index is 9.03. The Labute approximate surface area is 124 Å². The minimum Gasteiger partial charge on any atom is -0.492 e. The van der Waals surface area contributed by atoms with Crippen molar-refractivity contribution < 1.29 is 14.8 Å². The number of benzene rings is 1. The molecule has 0 spiro atoms. The molecule has 0 radical (unpaired) electrons. The molecule has 6 heteroatoms. The quantitative estimate of drug-likeness (QED) is 0.786. The lowest BCUT2D eigenvalue weighted by molar-refractivity contribution is 0.296. The van der Waals surface area contributed by atoms with Crippen LogP contribution in [0.15, 0.2) is 30.6 Å². The first-order valence-corrected chi connectivity index (χ1v) is 7.36. The molecular weight excluding hydrogens is 267 g/mol. The molecule has 0 saturated carbocycles.